The molecule has 1 heteroatoms. The van der Waals surface area contributed by atoms with Crippen molar-refractivity contribution >= 4 is 0 Å². The monoisotopic (exact) mass is 177 g/mol. The summed E-state index contributed by atoms with van der Waals surface area (Å²) in [6, 6.07) is 0.536. The van der Waals surface area contributed by atoms with Crippen molar-refractivity contribution in [2.24, 2.45) is 0 Å². The standard InChI is InChI=1S/C12H19N/c1-4-6-11-7-5-8-12(9-11)13-10(2)3/h4,6,9-10,13H,1,5,7-8H2,2-3H3/b11-6-. The number of hydrogen-bond acceptors (Lipinski definition) is 1. The van der Waals surface area contributed by atoms with Crippen LogP contribution in [0.4, 0.5) is 0 Å². The zero-order valence-corrected chi connectivity index (χ0v) is 8.64. The molecule has 1 nitrogen and oxygen atoms in total. The molecule has 0 bridgehead atoms. The fourth-order valence-corrected chi connectivity index (χ4v) is 1.62. The number of rotatable bonds is 3. The molecule has 0 spiro atoms. The lowest BCUT2D eigenvalue weighted by molar-refractivity contribution is 0.616. The molecule has 0 amide bonds. The lowest BCUT2D eigenvalue weighted by Gasteiger charge is -2.19. The Hall–Kier alpha value is -0.980. The molecule has 13 heavy (non-hydrogen) atoms. The quantitative estimate of drug-likeness (QED) is 0.698. The van der Waals surface area contributed by atoms with Gasteiger partial charge >= 0.3 is 0 Å². The van der Waals surface area contributed by atoms with Crippen LogP contribution >= 0.6 is 0 Å². The first kappa shape index (κ1) is 10.1. The molecule has 1 N–H and O–H groups in total. The molecule has 0 saturated heterocycles. The number of nitrogens with one attached hydrogen (secondary N) is 1. The molecule has 0 aromatic carbocycles. The van der Waals surface area contributed by atoms with E-state index in [1.807, 2.05) is 6.08 Å². The van der Waals surface area contributed by atoms with Crippen LogP contribution in [0, 0.1) is 0 Å². The van der Waals surface area contributed by atoms with Gasteiger partial charge in [0.15, 0.2) is 0 Å². The molecule has 0 fully saturated rings. The summed E-state index contributed by atoms with van der Waals surface area (Å²) in [7, 11) is 0. The molecule has 0 atom stereocenters. The predicted molar refractivity (Wildman–Crippen MR) is 58.5 cm³/mol. The van der Waals surface area contributed by atoms with Crippen molar-refractivity contribution in [2.75, 3.05) is 0 Å². The van der Waals surface area contributed by atoms with E-state index in [0.717, 1.165) is 0 Å². The van der Waals surface area contributed by atoms with Crippen LogP contribution in [0.15, 0.2) is 36.1 Å². The first-order valence-electron chi connectivity index (χ1n) is 5.01. The average molecular weight is 177 g/mol. The summed E-state index contributed by atoms with van der Waals surface area (Å²) in [6.07, 6.45) is 9.85. The van der Waals surface area contributed by atoms with Gasteiger partial charge in [-0.2, -0.15) is 0 Å². The van der Waals surface area contributed by atoms with Crippen LogP contribution in [0.5, 0.6) is 0 Å². The van der Waals surface area contributed by atoms with E-state index in [0.29, 0.717) is 6.04 Å². The minimum atomic E-state index is 0.536. The Morgan fingerprint density at radius 1 is 1.46 bits per heavy atom. The second kappa shape index (κ2) is 4.90. The normalized spacial score (nSPS) is 20.2. The lowest BCUT2D eigenvalue weighted by atomic mass is 9.98. The maximum absolute atomic E-state index is 3.71. The molecule has 0 aromatic rings. The Morgan fingerprint density at radius 2 is 2.23 bits per heavy atom. The van der Waals surface area contributed by atoms with Crippen LogP contribution in [-0.2, 0) is 0 Å². The SMILES string of the molecule is C=C/C=C1\C=C(NC(C)C)CCC1. The van der Waals surface area contributed by atoms with Crippen molar-refractivity contribution in [2.45, 2.75) is 39.2 Å². The molecule has 0 aliphatic heterocycles. The molecule has 0 saturated carbocycles. The molecule has 1 rings (SSSR count). The Labute approximate surface area is 81.2 Å². The summed E-state index contributed by atoms with van der Waals surface area (Å²) in [5, 5.41) is 3.46. The Morgan fingerprint density at radius 3 is 2.85 bits per heavy atom. The first-order chi connectivity index (χ1) is 6.22. The number of allylic oxidation sites excluding steroid dienone is 5. The molecule has 1 aliphatic carbocycles. The van der Waals surface area contributed by atoms with Gasteiger partial charge in [0.2, 0.25) is 0 Å². The summed E-state index contributed by atoms with van der Waals surface area (Å²) >= 11 is 0. The van der Waals surface area contributed by atoms with E-state index < -0.39 is 0 Å². The second-order valence-electron chi connectivity index (χ2n) is 3.80. The van der Waals surface area contributed by atoms with Gasteiger partial charge in [0.05, 0.1) is 0 Å². The molecule has 1 aliphatic rings. The zero-order valence-electron chi connectivity index (χ0n) is 8.64. The summed E-state index contributed by atoms with van der Waals surface area (Å²) in [5.74, 6) is 0. The van der Waals surface area contributed by atoms with Crippen molar-refractivity contribution in [1.29, 1.82) is 0 Å². The van der Waals surface area contributed by atoms with Crippen molar-refractivity contribution in [1.82, 2.24) is 5.32 Å². The summed E-state index contributed by atoms with van der Waals surface area (Å²) < 4.78 is 0. The third-order valence-electron chi connectivity index (χ3n) is 2.08. The smallest absolute Gasteiger partial charge is 0.0201 e. The van der Waals surface area contributed by atoms with Crippen molar-refractivity contribution in [3.63, 3.8) is 0 Å². The summed E-state index contributed by atoms with van der Waals surface area (Å²) in [4.78, 5) is 0. The van der Waals surface area contributed by atoms with E-state index in [1.165, 1.54) is 30.5 Å². The van der Waals surface area contributed by atoms with Gasteiger partial charge in [0.1, 0.15) is 0 Å². The van der Waals surface area contributed by atoms with Crippen LogP contribution in [0.2, 0.25) is 0 Å². The van der Waals surface area contributed by atoms with Gasteiger partial charge in [-0.15, -0.1) is 0 Å². The van der Waals surface area contributed by atoms with Crippen molar-refractivity contribution in [3.8, 4) is 0 Å². The third-order valence-corrected chi connectivity index (χ3v) is 2.08. The Bertz CT molecular complexity index is 234. The zero-order chi connectivity index (χ0) is 9.68. The van der Waals surface area contributed by atoms with E-state index >= 15 is 0 Å². The van der Waals surface area contributed by atoms with Crippen molar-refractivity contribution < 1.29 is 0 Å². The Balaban J connectivity index is 2.63. The molecular formula is C12H19N. The predicted octanol–water partition coefficient (Wildman–Crippen LogP) is 3.16. The molecule has 72 valence electrons. The molecule has 0 radical (unpaired) electrons. The highest BCUT2D eigenvalue weighted by atomic mass is 14.9. The maximum Gasteiger partial charge on any atom is 0.0201 e. The van der Waals surface area contributed by atoms with Crippen LogP contribution < -0.4 is 5.32 Å². The average Bonchev–Trinajstić information content (AvgIpc) is 2.04. The van der Waals surface area contributed by atoms with Crippen LogP contribution in [0.3, 0.4) is 0 Å². The van der Waals surface area contributed by atoms with Gasteiger partial charge in [-0.25, -0.2) is 0 Å². The molecule has 0 aromatic heterocycles. The lowest BCUT2D eigenvalue weighted by Crippen LogP contribution is -2.23. The van der Waals surface area contributed by atoms with Crippen LogP contribution in [0.25, 0.3) is 0 Å². The molecule has 0 heterocycles. The topological polar surface area (TPSA) is 12.0 Å². The largest absolute Gasteiger partial charge is 0.386 e. The van der Waals surface area contributed by atoms with Gasteiger partial charge < -0.3 is 5.32 Å². The summed E-state index contributed by atoms with van der Waals surface area (Å²) in [5.41, 5.74) is 2.76. The highest BCUT2D eigenvalue weighted by Crippen LogP contribution is 2.20. The van der Waals surface area contributed by atoms with Gasteiger partial charge in [-0.3, -0.25) is 0 Å². The minimum absolute atomic E-state index is 0.536. The van der Waals surface area contributed by atoms with E-state index in [9.17, 15) is 0 Å². The van der Waals surface area contributed by atoms with E-state index in [1.54, 1.807) is 0 Å². The highest BCUT2D eigenvalue weighted by molar-refractivity contribution is 5.29. The van der Waals surface area contributed by atoms with Gasteiger partial charge in [-0.05, 0) is 44.8 Å². The number of hydrogen-bond donors (Lipinski definition) is 1. The van der Waals surface area contributed by atoms with Gasteiger partial charge in [0, 0.05) is 11.7 Å². The van der Waals surface area contributed by atoms with Crippen LogP contribution in [-0.4, -0.2) is 6.04 Å². The van der Waals surface area contributed by atoms with E-state index in [2.05, 4.69) is 37.9 Å². The minimum Gasteiger partial charge on any atom is -0.386 e. The van der Waals surface area contributed by atoms with E-state index in [4.69, 9.17) is 0 Å². The maximum atomic E-state index is 3.71. The van der Waals surface area contributed by atoms with Crippen molar-refractivity contribution in [3.05, 3.63) is 36.1 Å². The van der Waals surface area contributed by atoms with Gasteiger partial charge in [-0.1, -0.05) is 18.7 Å². The fourth-order valence-electron chi connectivity index (χ4n) is 1.62. The van der Waals surface area contributed by atoms with E-state index in [-0.39, 0.29) is 0 Å². The molecular weight excluding hydrogens is 158 g/mol. The molecule has 0 unspecified atom stereocenters. The second-order valence-corrected chi connectivity index (χ2v) is 3.80. The van der Waals surface area contributed by atoms with Crippen LogP contribution in [0.1, 0.15) is 33.1 Å². The first-order valence-corrected chi connectivity index (χ1v) is 5.01. The summed E-state index contributed by atoms with van der Waals surface area (Å²) in [6.45, 7) is 8.06. The third kappa shape index (κ3) is 3.49. The Kier molecular flexibility index (Phi) is 3.81. The van der Waals surface area contributed by atoms with Gasteiger partial charge in [0.25, 0.3) is 0 Å². The fraction of sp³-hybridized carbons (Fsp3) is 0.500. The highest BCUT2D eigenvalue weighted by Gasteiger charge is 2.06.